The van der Waals surface area contributed by atoms with E-state index >= 15 is 0 Å². The fourth-order valence-electron chi connectivity index (χ4n) is 3.36. The van der Waals surface area contributed by atoms with Gasteiger partial charge in [0.25, 0.3) is 5.56 Å². The molecule has 0 radical (unpaired) electrons. The van der Waals surface area contributed by atoms with Gasteiger partial charge in [0.15, 0.2) is 0 Å². The van der Waals surface area contributed by atoms with Gasteiger partial charge in [-0.2, -0.15) is 0 Å². The summed E-state index contributed by atoms with van der Waals surface area (Å²) in [7, 11) is 0. The molecule has 24 heavy (non-hydrogen) atoms. The molecule has 2 heterocycles. The van der Waals surface area contributed by atoms with Crippen molar-refractivity contribution >= 4 is 21.7 Å². The summed E-state index contributed by atoms with van der Waals surface area (Å²) in [4.78, 5) is 17.2. The number of imidazole rings is 1. The maximum absolute atomic E-state index is 12.9. The highest BCUT2D eigenvalue weighted by atomic mass is 16.1. The normalized spacial score (nSPS) is 11.4. The standard InChI is InChI=1S/C20H19N3O/c1-15-21-11-14-22(15)12-6-13-23-19-10-5-4-8-17(19)16-7-2-3-9-18(16)20(23)24/h2-5,7-11,14H,6,12-13H2,1H3. The molecular formula is C20H19N3O. The Kier molecular flexibility index (Phi) is 3.65. The van der Waals surface area contributed by atoms with E-state index in [1.807, 2.05) is 66.3 Å². The van der Waals surface area contributed by atoms with Gasteiger partial charge < -0.3 is 9.13 Å². The lowest BCUT2D eigenvalue weighted by Crippen LogP contribution is -2.21. The summed E-state index contributed by atoms with van der Waals surface area (Å²) in [5.74, 6) is 1.01. The van der Waals surface area contributed by atoms with Crippen LogP contribution in [-0.2, 0) is 13.1 Å². The van der Waals surface area contributed by atoms with Crippen LogP contribution < -0.4 is 5.56 Å². The zero-order valence-corrected chi connectivity index (χ0v) is 13.6. The lowest BCUT2D eigenvalue weighted by molar-refractivity contribution is 0.557. The van der Waals surface area contributed by atoms with Crippen LogP contribution in [0.25, 0.3) is 21.7 Å². The van der Waals surface area contributed by atoms with Gasteiger partial charge in [0.2, 0.25) is 0 Å². The highest BCUT2D eigenvalue weighted by Crippen LogP contribution is 2.22. The molecule has 0 aliphatic rings. The highest BCUT2D eigenvalue weighted by molar-refractivity contribution is 6.05. The van der Waals surface area contributed by atoms with Crippen molar-refractivity contribution in [3.8, 4) is 0 Å². The van der Waals surface area contributed by atoms with Crippen molar-refractivity contribution in [1.82, 2.24) is 14.1 Å². The Morgan fingerprint density at radius 3 is 2.38 bits per heavy atom. The Bertz CT molecular complexity index is 1080. The third-order valence-corrected chi connectivity index (χ3v) is 4.59. The van der Waals surface area contributed by atoms with Gasteiger partial charge in [0, 0.05) is 36.3 Å². The first-order valence-corrected chi connectivity index (χ1v) is 8.24. The molecule has 0 N–H and O–H groups in total. The number of rotatable bonds is 4. The minimum Gasteiger partial charge on any atom is -0.335 e. The quantitative estimate of drug-likeness (QED) is 0.538. The molecule has 0 bridgehead atoms. The van der Waals surface area contributed by atoms with Gasteiger partial charge in [-0.25, -0.2) is 4.98 Å². The first-order chi connectivity index (χ1) is 11.8. The maximum atomic E-state index is 12.9. The van der Waals surface area contributed by atoms with Crippen LogP contribution in [0.15, 0.2) is 65.7 Å². The Balaban J connectivity index is 1.77. The van der Waals surface area contributed by atoms with E-state index in [9.17, 15) is 4.79 Å². The zero-order chi connectivity index (χ0) is 16.5. The first-order valence-electron chi connectivity index (χ1n) is 8.24. The van der Waals surface area contributed by atoms with Gasteiger partial charge in [-0.1, -0.05) is 36.4 Å². The molecule has 0 fully saturated rings. The zero-order valence-electron chi connectivity index (χ0n) is 13.6. The Labute approximate surface area is 140 Å². The average molecular weight is 317 g/mol. The topological polar surface area (TPSA) is 39.8 Å². The predicted molar refractivity (Wildman–Crippen MR) is 97.3 cm³/mol. The second kappa shape index (κ2) is 5.96. The van der Waals surface area contributed by atoms with Crippen LogP contribution in [0.4, 0.5) is 0 Å². The molecule has 0 spiro atoms. The van der Waals surface area contributed by atoms with E-state index in [-0.39, 0.29) is 5.56 Å². The lowest BCUT2D eigenvalue weighted by Gasteiger charge is -2.13. The third-order valence-electron chi connectivity index (χ3n) is 4.59. The van der Waals surface area contributed by atoms with Crippen LogP contribution >= 0.6 is 0 Å². The summed E-state index contributed by atoms with van der Waals surface area (Å²) >= 11 is 0. The van der Waals surface area contributed by atoms with Crippen molar-refractivity contribution < 1.29 is 0 Å². The molecule has 120 valence electrons. The van der Waals surface area contributed by atoms with Crippen LogP contribution in [0.1, 0.15) is 12.2 Å². The van der Waals surface area contributed by atoms with E-state index in [1.54, 1.807) is 0 Å². The molecule has 0 unspecified atom stereocenters. The van der Waals surface area contributed by atoms with Gasteiger partial charge in [-0.15, -0.1) is 0 Å². The second-order valence-electron chi connectivity index (χ2n) is 6.04. The number of pyridine rings is 1. The van der Waals surface area contributed by atoms with Crippen LogP contribution in [0.2, 0.25) is 0 Å². The van der Waals surface area contributed by atoms with Crippen LogP contribution in [0.5, 0.6) is 0 Å². The van der Waals surface area contributed by atoms with Crippen molar-refractivity contribution in [2.45, 2.75) is 26.4 Å². The van der Waals surface area contributed by atoms with Gasteiger partial charge in [0.1, 0.15) is 5.82 Å². The number of para-hydroxylation sites is 1. The second-order valence-corrected chi connectivity index (χ2v) is 6.04. The SMILES string of the molecule is Cc1nccn1CCCn1c(=O)c2ccccc2c2ccccc21. The number of benzene rings is 2. The molecule has 0 saturated heterocycles. The summed E-state index contributed by atoms with van der Waals surface area (Å²) < 4.78 is 4.03. The van der Waals surface area contributed by atoms with Gasteiger partial charge in [0.05, 0.1) is 5.52 Å². The Morgan fingerprint density at radius 2 is 1.62 bits per heavy atom. The molecule has 0 aliphatic carbocycles. The van der Waals surface area contributed by atoms with E-state index in [1.165, 1.54) is 0 Å². The number of hydrogen-bond donors (Lipinski definition) is 0. The summed E-state index contributed by atoms with van der Waals surface area (Å²) in [5.41, 5.74) is 1.09. The highest BCUT2D eigenvalue weighted by Gasteiger charge is 2.09. The van der Waals surface area contributed by atoms with Crippen molar-refractivity contribution in [2.24, 2.45) is 0 Å². The number of fused-ring (bicyclic) bond motifs is 3. The van der Waals surface area contributed by atoms with Crippen LogP contribution in [0.3, 0.4) is 0 Å². The largest absolute Gasteiger partial charge is 0.335 e. The fourth-order valence-corrected chi connectivity index (χ4v) is 3.36. The van der Waals surface area contributed by atoms with E-state index in [0.717, 1.165) is 40.5 Å². The number of nitrogens with zero attached hydrogens (tertiary/aromatic N) is 3. The van der Waals surface area contributed by atoms with E-state index in [4.69, 9.17) is 0 Å². The van der Waals surface area contributed by atoms with E-state index < -0.39 is 0 Å². The van der Waals surface area contributed by atoms with Gasteiger partial charge in [-0.05, 0) is 30.9 Å². The average Bonchev–Trinajstić information content (AvgIpc) is 3.03. The van der Waals surface area contributed by atoms with Crippen molar-refractivity contribution in [3.05, 3.63) is 77.1 Å². The Morgan fingerprint density at radius 1 is 0.917 bits per heavy atom. The maximum Gasteiger partial charge on any atom is 0.258 e. The smallest absolute Gasteiger partial charge is 0.258 e. The molecule has 4 rings (SSSR count). The molecule has 0 atom stereocenters. The minimum absolute atomic E-state index is 0.0895. The molecule has 4 nitrogen and oxygen atoms in total. The van der Waals surface area contributed by atoms with Crippen LogP contribution in [-0.4, -0.2) is 14.1 Å². The lowest BCUT2D eigenvalue weighted by atomic mass is 10.1. The molecule has 4 aromatic rings. The Hall–Kier alpha value is -2.88. The molecule has 2 aromatic carbocycles. The summed E-state index contributed by atoms with van der Waals surface area (Å²) in [5, 5.41) is 2.95. The number of aromatic nitrogens is 3. The van der Waals surface area contributed by atoms with Crippen molar-refractivity contribution in [3.63, 3.8) is 0 Å². The molecule has 2 aromatic heterocycles. The first kappa shape index (κ1) is 14.7. The summed E-state index contributed by atoms with van der Waals surface area (Å²) in [6, 6.07) is 16.0. The van der Waals surface area contributed by atoms with E-state index in [2.05, 4.69) is 15.6 Å². The van der Waals surface area contributed by atoms with E-state index in [0.29, 0.717) is 6.54 Å². The predicted octanol–water partition coefficient (Wildman–Crippen LogP) is 3.75. The third kappa shape index (κ3) is 2.40. The molecule has 0 amide bonds. The van der Waals surface area contributed by atoms with Crippen molar-refractivity contribution in [2.75, 3.05) is 0 Å². The van der Waals surface area contributed by atoms with Crippen LogP contribution in [0, 0.1) is 6.92 Å². The molecule has 0 saturated carbocycles. The fraction of sp³-hybridized carbons (Fsp3) is 0.200. The van der Waals surface area contributed by atoms with Crippen molar-refractivity contribution in [1.29, 1.82) is 0 Å². The minimum atomic E-state index is 0.0895. The number of hydrogen-bond acceptors (Lipinski definition) is 2. The molecule has 4 heteroatoms. The number of aryl methyl sites for hydroxylation is 3. The molecule has 0 aliphatic heterocycles. The van der Waals surface area contributed by atoms with Gasteiger partial charge in [-0.3, -0.25) is 4.79 Å². The monoisotopic (exact) mass is 317 g/mol. The molecular weight excluding hydrogens is 298 g/mol. The summed E-state index contributed by atoms with van der Waals surface area (Å²) in [6.45, 7) is 3.55. The van der Waals surface area contributed by atoms with Gasteiger partial charge >= 0.3 is 0 Å². The summed E-state index contributed by atoms with van der Waals surface area (Å²) in [6.07, 6.45) is 4.68.